The van der Waals surface area contributed by atoms with E-state index in [4.69, 9.17) is 4.74 Å². The van der Waals surface area contributed by atoms with Gasteiger partial charge in [0.05, 0.1) is 12.3 Å². The molecule has 1 amide bonds. The first-order valence-electron chi connectivity index (χ1n) is 7.68. The van der Waals surface area contributed by atoms with Crippen LogP contribution in [0.5, 0.6) is 0 Å². The van der Waals surface area contributed by atoms with Crippen LogP contribution in [0.15, 0.2) is 41.7 Å². The summed E-state index contributed by atoms with van der Waals surface area (Å²) in [4.78, 5) is 36.9. The average Bonchev–Trinajstić information content (AvgIpc) is 2.45. The SMILES string of the molecule is CC1(C)CC(=O)C2=C(C1)OC(=O)C[C@H]2C(=O)Nc1ccccc1. The molecule has 0 fully saturated rings. The molecule has 0 bridgehead atoms. The van der Waals surface area contributed by atoms with E-state index in [1.54, 1.807) is 12.1 Å². The third kappa shape index (κ3) is 3.18. The number of nitrogens with one attached hydrogen (secondary N) is 1. The Balaban J connectivity index is 1.90. The van der Waals surface area contributed by atoms with Crippen molar-refractivity contribution < 1.29 is 19.1 Å². The van der Waals surface area contributed by atoms with Crippen LogP contribution in [-0.4, -0.2) is 17.7 Å². The van der Waals surface area contributed by atoms with Crippen molar-refractivity contribution in [1.82, 2.24) is 0 Å². The highest BCUT2D eigenvalue weighted by atomic mass is 16.5. The molecule has 2 aliphatic rings. The Hall–Kier alpha value is -2.43. The number of hydrogen-bond donors (Lipinski definition) is 1. The van der Waals surface area contributed by atoms with Gasteiger partial charge in [-0.1, -0.05) is 32.0 Å². The van der Waals surface area contributed by atoms with Crippen LogP contribution in [0.25, 0.3) is 0 Å². The number of allylic oxidation sites excluding steroid dienone is 1. The standard InChI is InChI=1S/C18H19NO4/c1-18(2)9-13(20)16-12(8-15(21)23-14(16)10-18)17(22)19-11-6-4-3-5-7-11/h3-7,12H,8-10H2,1-2H3,(H,19,22)/t12-/m1/s1. The molecule has 0 unspecified atom stereocenters. The zero-order chi connectivity index (χ0) is 16.6. The van der Waals surface area contributed by atoms with Crippen LogP contribution in [0, 0.1) is 11.3 Å². The number of ketones is 1. The summed E-state index contributed by atoms with van der Waals surface area (Å²) in [6.07, 6.45) is 0.761. The lowest BCUT2D eigenvalue weighted by Gasteiger charge is -2.36. The molecule has 0 saturated heterocycles. The van der Waals surface area contributed by atoms with E-state index in [0.717, 1.165) is 0 Å². The second kappa shape index (κ2) is 5.65. The highest BCUT2D eigenvalue weighted by Crippen LogP contribution is 2.42. The van der Waals surface area contributed by atoms with Gasteiger partial charge in [-0.15, -0.1) is 0 Å². The van der Waals surface area contributed by atoms with Gasteiger partial charge in [-0.3, -0.25) is 14.4 Å². The summed E-state index contributed by atoms with van der Waals surface area (Å²) < 4.78 is 5.27. The van der Waals surface area contributed by atoms with Crippen molar-refractivity contribution in [1.29, 1.82) is 0 Å². The van der Waals surface area contributed by atoms with E-state index in [-0.39, 0.29) is 23.5 Å². The maximum Gasteiger partial charge on any atom is 0.312 e. The number of rotatable bonds is 2. The van der Waals surface area contributed by atoms with Crippen molar-refractivity contribution in [2.45, 2.75) is 33.1 Å². The number of amides is 1. The van der Waals surface area contributed by atoms with Gasteiger partial charge in [0.15, 0.2) is 5.78 Å². The molecule has 0 saturated carbocycles. The summed E-state index contributed by atoms with van der Waals surface area (Å²) in [5.41, 5.74) is 0.757. The van der Waals surface area contributed by atoms with Crippen molar-refractivity contribution in [2.75, 3.05) is 5.32 Å². The lowest BCUT2D eigenvalue weighted by Crippen LogP contribution is -2.39. The van der Waals surface area contributed by atoms with E-state index < -0.39 is 11.9 Å². The molecule has 0 radical (unpaired) electrons. The monoisotopic (exact) mass is 313 g/mol. The molecule has 1 aliphatic heterocycles. The van der Waals surface area contributed by atoms with Gasteiger partial charge in [0.1, 0.15) is 5.76 Å². The molecule has 1 atom stereocenters. The fourth-order valence-corrected chi connectivity index (χ4v) is 3.18. The Morgan fingerprint density at radius 2 is 1.87 bits per heavy atom. The number of anilines is 1. The number of carbonyl (C=O) groups is 3. The van der Waals surface area contributed by atoms with Crippen LogP contribution in [-0.2, 0) is 19.1 Å². The van der Waals surface area contributed by atoms with Crippen LogP contribution in [0.4, 0.5) is 5.69 Å². The summed E-state index contributed by atoms with van der Waals surface area (Å²) >= 11 is 0. The largest absolute Gasteiger partial charge is 0.431 e. The van der Waals surface area contributed by atoms with Crippen molar-refractivity contribution in [3.8, 4) is 0 Å². The molecule has 1 N–H and O–H groups in total. The zero-order valence-corrected chi connectivity index (χ0v) is 13.2. The Labute approximate surface area is 134 Å². The number of benzene rings is 1. The fraction of sp³-hybridized carbons (Fsp3) is 0.389. The van der Waals surface area contributed by atoms with Crippen molar-refractivity contribution in [3.05, 3.63) is 41.7 Å². The molecule has 23 heavy (non-hydrogen) atoms. The maximum absolute atomic E-state index is 12.6. The minimum absolute atomic E-state index is 0.0936. The normalized spacial score (nSPS) is 23.1. The van der Waals surface area contributed by atoms with Crippen LogP contribution >= 0.6 is 0 Å². The summed E-state index contributed by atoms with van der Waals surface area (Å²) in [6.45, 7) is 3.91. The molecule has 5 heteroatoms. The number of para-hydroxylation sites is 1. The van der Waals surface area contributed by atoms with Crippen LogP contribution in [0.2, 0.25) is 0 Å². The number of Topliss-reactive ketones (excluding diaryl/α,β-unsaturated/α-hetero) is 1. The number of hydrogen-bond acceptors (Lipinski definition) is 4. The van der Waals surface area contributed by atoms with E-state index in [1.165, 1.54) is 0 Å². The quantitative estimate of drug-likeness (QED) is 0.852. The first kappa shape index (κ1) is 15.5. The predicted molar refractivity (Wildman–Crippen MR) is 84.3 cm³/mol. The third-order valence-electron chi connectivity index (χ3n) is 4.19. The Morgan fingerprint density at radius 3 is 2.57 bits per heavy atom. The van der Waals surface area contributed by atoms with Gasteiger partial charge < -0.3 is 10.1 Å². The Morgan fingerprint density at radius 1 is 1.17 bits per heavy atom. The van der Waals surface area contributed by atoms with Crippen molar-refractivity contribution >= 4 is 23.3 Å². The highest BCUT2D eigenvalue weighted by Gasteiger charge is 2.44. The molecule has 120 valence electrons. The first-order valence-corrected chi connectivity index (χ1v) is 7.68. The molecule has 1 heterocycles. The van der Waals surface area contributed by atoms with Gasteiger partial charge in [-0.05, 0) is 17.5 Å². The van der Waals surface area contributed by atoms with Gasteiger partial charge in [0.2, 0.25) is 5.91 Å². The number of esters is 1. The van der Waals surface area contributed by atoms with Crippen LogP contribution in [0.3, 0.4) is 0 Å². The van der Waals surface area contributed by atoms with Gasteiger partial charge >= 0.3 is 5.97 Å². The second-order valence-corrected chi connectivity index (χ2v) is 6.86. The predicted octanol–water partition coefficient (Wildman–Crippen LogP) is 2.83. The molecule has 1 aliphatic carbocycles. The van der Waals surface area contributed by atoms with Gasteiger partial charge in [-0.2, -0.15) is 0 Å². The molecule has 5 nitrogen and oxygen atoms in total. The van der Waals surface area contributed by atoms with Gasteiger partial charge in [0.25, 0.3) is 0 Å². The lowest BCUT2D eigenvalue weighted by atomic mass is 9.72. The fourth-order valence-electron chi connectivity index (χ4n) is 3.18. The van der Waals surface area contributed by atoms with Gasteiger partial charge in [-0.25, -0.2) is 0 Å². The molecular formula is C18H19NO4. The number of carbonyl (C=O) groups excluding carboxylic acids is 3. The van der Waals surface area contributed by atoms with Crippen molar-refractivity contribution in [3.63, 3.8) is 0 Å². The topological polar surface area (TPSA) is 72.5 Å². The van der Waals surface area contributed by atoms with Crippen LogP contribution < -0.4 is 5.32 Å². The Kier molecular flexibility index (Phi) is 3.80. The van der Waals surface area contributed by atoms with E-state index in [9.17, 15) is 14.4 Å². The van der Waals surface area contributed by atoms with E-state index in [1.807, 2.05) is 32.0 Å². The first-order chi connectivity index (χ1) is 10.9. The summed E-state index contributed by atoms with van der Waals surface area (Å²) in [5.74, 6) is -1.29. The minimum Gasteiger partial charge on any atom is -0.431 e. The van der Waals surface area contributed by atoms with E-state index >= 15 is 0 Å². The molecule has 1 aromatic rings. The Bertz CT molecular complexity index is 703. The highest BCUT2D eigenvalue weighted by molar-refractivity contribution is 6.08. The second-order valence-electron chi connectivity index (χ2n) is 6.86. The summed E-state index contributed by atoms with van der Waals surface area (Å²) in [5, 5.41) is 2.77. The smallest absolute Gasteiger partial charge is 0.312 e. The summed E-state index contributed by atoms with van der Waals surface area (Å²) in [7, 11) is 0. The lowest BCUT2D eigenvalue weighted by molar-refractivity contribution is -0.146. The minimum atomic E-state index is -0.768. The summed E-state index contributed by atoms with van der Waals surface area (Å²) in [6, 6.07) is 8.99. The maximum atomic E-state index is 12.6. The average molecular weight is 313 g/mol. The number of ether oxygens (including phenoxy) is 1. The molecule has 0 aromatic heterocycles. The molecular weight excluding hydrogens is 294 g/mol. The molecule has 0 spiro atoms. The molecule has 1 aromatic carbocycles. The van der Waals surface area contributed by atoms with Crippen molar-refractivity contribution in [2.24, 2.45) is 11.3 Å². The van der Waals surface area contributed by atoms with E-state index in [2.05, 4.69) is 5.32 Å². The van der Waals surface area contributed by atoms with Crippen LogP contribution in [0.1, 0.15) is 33.1 Å². The molecule has 3 rings (SSSR count). The van der Waals surface area contributed by atoms with E-state index in [0.29, 0.717) is 29.9 Å². The third-order valence-corrected chi connectivity index (χ3v) is 4.19. The zero-order valence-electron chi connectivity index (χ0n) is 13.2. The van der Waals surface area contributed by atoms with Gasteiger partial charge in [0, 0.05) is 24.1 Å².